The van der Waals surface area contributed by atoms with E-state index in [0.29, 0.717) is 34.7 Å². The van der Waals surface area contributed by atoms with Gasteiger partial charge in [-0.2, -0.15) is 0 Å². The first-order valence-electron chi connectivity index (χ1n) is 8.85. The molecule has 1 N–H and O–H groups in total. The highest BCUT2D eigenvalue weighted by Crippen LogP contribution is 2.30. The van der Waals surface area contributed by atoms with Gasteiger partial charge in [0.05, 0.1) is 20.8 Å². The monoisotopic (exact) mass is 388 g/mol. The Morgan fingerprint density at radius 3 is 2.14 bits per heavy atom. The maximum Gasteiger partial charge on any atom is 0.200 e. The van der Waals surface area contributed by atoms with Gasteiger partial charge >= 0.3 is 0 Å². The van der Waals surface area contributed by atoms with Crippen LogP contribution < -0.4 is 14.2 Å². The van der Waals surface area contributed by atoms with E-state index in [1.54, 1.807) is 25.3 Å². The summed E-state index contributed by atoms with van der Waals surface area (Å²) in [5.74, 6) is 1.53. The Hall–Kier alpha value is -3.06. The van der Waals surface area contributed by atoms with Crippen LogP contribution in [0.25, 0.3) is 0 Å². The number of phenols is 1. The minimum atomic E-state index is -0.209. The van der Waals surface area contributed by atoms with Gasteiger partial charge in [-0.3, -0.25) is 9.59 Å². The molecule has 0 bridgehead atoms. The smallest absolute Gasteiger partial charge is 0.200 e. The van der Waals surface area contributed by atoms with Crippen LogP contribution in [0, 0.1) is 0 Å². The molecule has 7 heteroatoms. The third-order valence-electron chi connectivity index (χ3n) is 4.06. The third kappa shape index (κ3) is 5.99. The predicted octanol–water partition coefficient (Wildman–Crippen LogP) is 3.63. The number of hydrogen-bond acceptors (Lipinski definition) is 7. The molecule has 1 unspecified atom stereocenters. The number of aldehydes is 2. The number of hydrogen-bond donors (Lipinski definition) is 1. The molecule has 0 aromatic heterocycles. The van der Waals surface area contributed by atoms with Gasteiger partial charge in [-0.15, -0.1) is 0 Å². The number of ether oxygens (including phenoxy) is 4. The fourth-order valence-corrected chi connectivity index (χ4v) is 2.57. The van der Waals surface area contributed by atoms with Crippen LogP contribution in [0.1, 0.15) is 40.0 Å². The van der Waals surface area contributed by atoms with Crippen molar-refractivity contribution in [3.05, 3.63) is 47.5 Å². The maximum absolute atomic E-state index is 10.7. The number of benzene rings is 2. The Morgan fingerprint density at radius 1 is 0.929 bits per heavy atom. The summed E-state index contributed by atoms with van der Waals surface area (Å²) in [6.45, 7) is 0.736. The molecule has 1 saturated heterocycles. The standard InChI is InChI=1S/C13H16O4.C8H8O3/c1-15-12-8-10(9-14)5-6-11(12)17-13-4-2-3-7-16-13;1-11-8-4-6(5-9)2-3-7(8)10/h5-6,8-9,13H,2-4,7H2,1H3;2-5,10H,1H3. The summed E-state index contributed by atoms with van der Waals surface area (Å²) in [5.41, 5.74) is 1.05. The van der Waals surface area contributed by atoms with Crippen LogP contribution in [0.15, 0.2) is 36.4 Å². The van der Waals surface area contributed by atoms with E-state index in [4.69, 9.17) is 24.1 Å². The molecule has 0 amide bonds. The second kappa shape index (κ2) is 10.9. The molecule has 2 aromatic rings. The van der Waals surface area contributed by atoms with Crippen molar-refractivity contribution in [2.75, 3.05) is 20.8 Å². The summed E-state index contributed by atoms with van der Waals surface area (Å²) in [7, 11) is 2.99. The molecule has 28 heavy (non-hydrogen) atoms. The van der Waals surface area contributed by atoms with E-state index >= 15 is 0 Å². The average molecular weight is 388 g/mol. The molecule has 1 fully saturated rings. The predicted molar refractivity (Wildman–Crippen MR) is 103 cm³/mol. The first kappa shape index (κ1) is 21.2. The first-order valence-corrected chi connectivity index (χ1v) is 8.85. The largest absolute Gasteiger partial charge is 0.504 e. The van der Waals surface area contributed by atoms with E-state index in [9.17, 15) is 9.59 Å². The van der Waals surface area contributed by atoms with Gasteiger partial charge in [0.1, 0.15) is 12.6 Å². The van der Waals surface area contributed by atoms with Gasteiger partial charge in [-0.25, -0.2) is 0 Å². The molecule has 0 saturated carbocycles. The number of rotatable bonds is 6. The van der Waals surface area contributed by atoms with Crippen LogP contribution in [0.3, 0.4) is 0 Å². The molecular formula is C21H24O7. The lowest BCUT2D eigenvalue weighted by atomic mass is 10.2. The lowest BCUT2D eigenvalue weighted by molar-refractivity contribution is -0.106. The molecule has 1 aliphatic rings. The molecule has 3 rings (SSSR count). The number of carbonyl (C=O) groups excluding carboxylic acids is 2. The van der Waals surface area contributed by atoms with Crippen molar-refractivity contribution in [1.29, 1.82) is 0 Å². The van der Waals surface area contributed by atoms with Gasteiger partial charge < -0.3 is 24.1 Å². The topological polar surface area (TPSA) is 91.3 Å². The molecule has 0 spiro atoms. The summed E-state index contributed by atoms with van der Waals surface area (Å²) in [4.78, 5) is 20.9. The molecule has 1 atom stereocenters. The molecule has 0 aliphatic carbocycles. The van der Waals surface area contributed by atoms with E-state index in [2.05, 4.69) is 0 Å². The molecule has 2 aromatic carbocycles. The Morgan fingerprint density at radius 2 is 1.57 bits per heavy atom. The third-order valence-corrected chi connectivity index (χ3v) is 4.06. The Balaban J connectivity index is 0.000000221. The zero-order chi connectivity index (χ0) is 20.4. The van der Waals surface area contributed by atoms with Crippen molar-refractivity contribution in [2.24, 2.45) is 0 Å². The minimum Gasteiger partial charge on any atom is -0.504 e. The van der Waals surface area contributed by atoms with Gasteiger partial charge in [0, 0.05) is 17.5 Å². The zero-order valence-electron chi connectivity index (χ0n) is 15.9. The second-order valence-corrected chi connectivity index (χ2v) is 5.99. The van der Waals surface area contributed by atoms with Gasteiger partial charge in [0.15, 0.2) is 29.3 Å². The Kier molecular flexibility index (Phi) is 8.30. The van der Waals surface area contributed by atoms with Gasteiger partial charge in [-0.1, -0.05) is 0 Å². The Labute approximate surface area is 163 Å². The SMILES string of the molecule is COc1cc(C=O)ccc1O.COc1cc(C=O)ccc1OC1CCCCO1. The molecule has 150 valence electrons. The lowest BCUT2D eigenvalue weighted by Crippen LogP contribution is -2.25. The van der Waals surface area contributed by atoms with Crippen molar-refractivity contribution in [1.82, 2.24) is 0 Å². The zero-order valence-corrected chi connectivity index (χ0v) is 15.9. The van der Waals surface area contributed by atoms with Crippen LogP contribution in [0.5, 0.6) is 23.0 Å². The quantitative estimate of drug-likeness (QED) is 0.756. The average Bonchev–Trinajstić information content (AvgIpc) is 2.75. The maximum atomic E-state index is 10.7. The highest BCUT2D eigenvalue weighted by atomic mass is 16.7. The normalized spacial score (nSPS) is 15.6. The van der Waals surface area contributed by atoms with E-state index in [1.807, 2.05) is 0 Å². The van der Waals surface area contributed by atoms with Crippen molar-refractivity contribution < 1.29 is 33.6 Å². The number of methoxy groups -OCH3 is 2. The Bertz CT molecular complexity index is 782. The summed E-state index contributed by atoms with van der Waals surface area (Å²) < 4.78 is 21.2. The molecular weight excluding hydrogens is 364 g/mol. The fourth-order valence-electron chi connectivity index (χ4n) is 2.57. The summed E-state index contributed by atoms with van der Waals surface area (Å²) in [5, 5.41) is 9.09. The van der Waals surface area contributed by atoms with E-state index < -0.39 is 0 Å². The highest BCUT2D eigenvalue weighted by molar-refractivity contribution is 5.76. The van der Waals surface area contributed by atoms with E-state index in [0.717, 1.165) is 32.2 Å². The van der Waals surface area contributed by atoms with Crippen LogP contribution in [0.4, 0.5) is 0 Å². The molecule has 7 nitrogen and oxygen atoms in total. The van der Waals surface area contributed by atoms with Gasteiger partial charge in [0.2, 0.25) is 0 Å². The molecule has 1 heterocycles. The van der Waals surface area contributed by atoms with Crippen LogP contribution in [0.2, 0.25) is 0 Å². The van der Waals surface area contributed by atoms with Crippen LogP contribution in [-0.4, -0.2) is 44.8 Å². The number of carbonyl (C=O) groups is 2. The summed E-state index contributed by atoms with van der Waals surface area (Å²) >= 11 is 0. The molecule has 0 radical (unpaired) electrons. The summed E-state index contributed by atoms with van der Waals surface area (Å²) in [6, 6.07) is 9.51. The van der Waals surface area contributed by atoms with E-state index in [-0.39, 0.29) is 12.0 Å². The van der Waals surface area contributed by atoms with Crippen LogP contribution >= 0.6 is 0 Å². The van der Waals surface area contributed by atoms with Crippen molar-refractivity contribution in [3.63, 3.8) is 0 Å². The van der Waals surface area contributed by atoms with Gasteiger partial charge in [-0.05, 0) is 49.2 Å². The van der Waals surface area contributed by atoms with Crippen molar-refractivity contribution in [3.8, 4) is 23.0 Å². The lowest BCUT2D eigenvalue weighted by Gasteiger charge is -2.24. The highest BCUT2D eigenvalue weighted by Gasteiger charge is 2.17. The van der Waals surface area contributed by atoms with Crippen molar-refractivity contribution in [2.45, 2.75) is 25.6 Å². The molecule has 1 aliphatic heterocycles. The fraction of sp³-hybridized carbons (Fsp3) is 0.333. The van der Waals surface area contributed by atoms with E-state index in [1.165, 1.54) is 25.3 Å². The first-order chi connectivity index (χ1) is 13.6. The van der Waals surface area contributed by atoms with Crippen LogP contribution in [-0.2, 0) is 4.74 Å². The summed E-state index contributed by atoms with van der Waals surface area (Å²) in [6.07, 6.45) is 4.35. The number of aromatic hydroxyl groups is 1. The minimum absolute atomic E-state index is 0.0399. The second-order valence-electron chi connectivity index (χ2n) is 5.99. The van der Waals surface area contributed by atoms with Crippen molar-refractivity contribution >= 4 is 12.6 Å². The number of phenolic OH excluding ortho intramolecular Hbond substituents is 1. The van der Waals surface area contributed by atoms with Gasteiger partial charge in [0.25, 0.3) is 0 Å².